The minimum absolute atomic E-state index is 0.595. The fourth-order valence-corrected chi connectivity index (χ4v) is 7.30. The van der Waals surface area contributed by atoms with Crippen molar-refractivity contribution in [3.8, 4) is 67.5 Å². The van der Waals surface area contributed by atoms with Crippen LogP contribution in [0.15, 0.2) is 192 Å². The smallest absolute Gasteiger partial charge is 0.164 e. The van der Waals surface area contributed by atoms with E-state index in [0.29, 0.717) is 17.5 Å². The van der Waals surface area contributed by atoms with E-state index in [1.54, 1.807) is 0 Å². The summed E-state index contributed by atoms with van der Waals surface area (Å²) >= 11 is 0. The Balaban J connectivity index is 1.09. The predicted molar refractivity (Wildman–Crippen MR) is 217 cm³/mol. The largest absolute Gasteiger partial charge is 0.456 e. The van der Waals surface area contributed by atoms with Crippen molar-refractivity contribution >= 4 is 32.7 Å². The summed E-state index contributed by atoms with van der Waals surface area (Å²) in [6, 6.07) is 65.2. The second-order valence-corrected chi connectivity index (χ2v) is 13.2. The molecule has 0 aliphatic heterocycles. The summed E-state index contributed by atoms with van der Waals surface area (Å²) < 4.78 is 6.43. The van der Waals surface area contributed by atoms with Crippen molar-refractivity contribution in [2.75, 3.05) is 0 Å². The van der Waals surface area contributed by atoms with Crippen molar-refractivity contribution < 1.29 is 4.42 Å². The van der Waals surface area contributed by atoms with Crippen molar-refractivity contribution in [1.29, 1.82) is 0 Å². The molecule has 0 radical (unpaired) electrons. The Bertz CT molecular complexity index is 2910. The van der Waals surface area contributed by atoms with Gasteiger partial charge in [0.05, 0.1) is 0 Å². The average molecular weight is 678 g/mol. The number of furan rings is 1. The molecule has 0 unspecified atom stereocenters. The van der Waals surface area contributed by atoms with Crippen LogP contribution >= 0.6 is 0 Å². The Hall–Kier alpha value is -7.17. The highest BCUT2D eigenvalue weighted by Gasteiger charge is 2.18. The normalized spacial score (nSPS) is 11.4. The monoisotopic (exact) mass is 677 g/mol. The van der Waals surface area contributed by atoms with Crippen LogP contribution in [-0.2, 0) is 0 Å². The molecule has 4 nitrogen and oxygen atoms in total. The van der Waals surface area contributed by atoms with Gasteiger partial charge >= 0.3 is 0 Å². The van der Waals surface area contributed by atoms with Crippen LogP contribution in [0.25, 0.3) is 100 Å². The maximum absolute atomic E-state index is 6.43. The molecule has 0 bridgehead atoms. The molecule has 10 rings (SSSR count). The number of nitrogens with zero attached hydrogens (tertiary/aromatic N) is 3. The maximum atomic E-state index is 6.43. The Morgan fingerprint density at radius 1 is 0.302 bits per heavy atom. The Kier molecular flexibility index (Phi) is 7.43. The van der Waals surface area contributed by atoms with E-state index >= 15 is 0 Å². The van der Waals surface area contributed by atoms with Gasteiger partial charge in [-0.2, -0.15) is 0 Å². The lowest BCUT2D eigenvalue weighted by molar-refractivity contribution is 0.669. The SMILES string of the molecule is c1ccc(-c2ccc(-c3ccc4oc5cccc(-c6nc(-c7ccccc7)nc(-c7ccc(-c8cccc9ccccc89)cc7)n6)c5c4c3)cc2)cc1. The predicted octanol–water partition coefficient (Wildman–Crippen LogP) is 12.9. The van der Waals surface area contributed by atoms with E-state index in [2.05, 4.69) is 140 Å². The molecule has 0 saturated heterocycles. The molecule has 0 spiro atoms. The summed E-state index contributed by atoms with van der Waals surface area (Å²) in [5, 5.41) is 4.44. The number of hydrogen-bond acceptors (Lipinski definition) is 4. The lowest BCUT2D eigenvalue weighted by Crippen LogP contribution is -2.00. The van der Waals surface area contributed by atoms with Gasteiger partial charge in [-0.1, -0.05) is 170 Å². The third-order valence-corrected chi connectivity index (χ3v) is 9.97. The zero-order valence-electron chi connectivity index (χ0n) is 28.6. The van der Waals surface area contributed by atoms with Gasteiger partial charge in [0.15, 0.2) is 17.5 Å². The van der Waals surface area contributed by atoms with Gasteiger partial charge in [-0.05, 0) is 62.4 Å². The molecule has 0 atom stereocenters. The van der Waals surface area contributed by atoms with E-state index in [1.165, 1.54) is 27.5 Å². The van der Waals surface area contributed by atoms with E-state index in [1.807, 2.05) is 48.5 Å². The topological polar surface area (TPSA) is 51.8 Å². The van der Waals surface area contributed by atoms with E-state index in [4.69, 9.17) is 19.4 Å². The van der Waals surface area contributed by atoms with Crippen molar-refractivity contribution in [2.24, 2.45) is 0 Å². The van der Waals surface area contributed by atoms with Crippen LogP contribution in [0.5, 0.6) is 0 Å². The lowest BCUT2D eigenvalue weighted by Gasteiger charge is -2.11. The molecular formula is C49H31N3O. The highest BCUT2D eigenvalue weighted by Crippen LogP contribution is 2.39. The molecule has 0 fully saturated rings. The molecule has 8 aromatic carbocycles. The zero-order chi connectivity index (χ0) is 35.1. The van der Waals surface area contributed by atoms with Crippen LogP contribution in [0, 0.1) is 0 Å². The molecule has 0 aliphatic carbocycles. The number of aromatic nitrogens is 3. The number of fused-ring (bicyclic) bond motifs is 4. The number of benzene rings is 8. The molecule has 0 amide bonds. The third-order valence-electron chi connectivity index (χ3n) is 9.97. The van der Waals surface area contributed by atoms with Crippen LogP contribution in [0.4, 0.5) is 0 Å². The van der Waals surface area contributed by atoms with Crippen LogP contribution < -0.4 is 0 Å². The highest BCUT2D eigenvalue weighted by atomic mass is 16.3. The van der Waals surface area contributed by atoms with Gasteiger partial charge in [0.25, 0.3) is 0 Å². The van der Waals surface area contributed by atoms with Gasteiger partial charge < -0.3 is 4.42 Å². The minimum Gasteiger partial charge on any atom is -0.456 e. The first-order chi connectivity index (χ1) is 26.2. The molecule has 0 aliphatic rings. The van der Waals surface area contributed by atoms with Gasteiger partial charge in [0.1, 0.15) is 11.2 Å². The van der Waals surface area contributed by atoms with E-state index < -0.39 is 0 Å². The Morgan fingerprint density at radius 2 is 0.811 bits per heavy atom. The van der Waals surface area contributed by atoms with Crippen LogP contribution in [0.1, 0.15) is 0 Å². The summed E-state index contributed by atoms with van der Waals surface area (Å²) in [5.41, 5.74) is 11.3. The molecular weight excluding hydrogens is 647 g/mol. The van der Waals surface area contributed by atoms with Gasteiger partial charge in [0, 0.05) is 27.5 Å². The lowest BCUT2D eigenvalue weighted by atomic mass is 9.97. The van der Waals surface area contributed by atoms with E-state index in [0.717, 1.165) is 55.3 Å². The van der Waals surface area contributed by atoms with Crippen molar-refractivity contribution in [3.63, 3.8) is 0 Å². The Labute approximate surface area is 306 Å². The van der Waals surface area contributed by atoms with E-state index in [-0.39, 0.29) is 0 Å². The standard InChI is InChI=1S/C49H31N3O/c1-3-11-32(12-4-1)33-21-23-34(24-22-33)39-29-30-44-43(31-39)46-42(19-10-20-45(46)53-44)49-51-47(37-14-5-2-6-15-37)50-48(52-49)38-27-25-36(26-28-38)41-18-9-16-35-13-7-8-17-40(35)41/h1-31H. The second kappa shape index (κ2) is 12.9. The molecule has 0 N–H and O–H groups in total. The first-order valence-electron chi connectivity index (χ1n) is 17.8. The summed E-state index contributed by atoms with van der Waals surface area (Å²) in [6.07, 6.45) is 0. The molecule has 53 heavy (non-hydrogen) atoms. The zero-order valence-corrected chi connectivity index (χ0v) is 28.6. The minimum atomic E-state index is 0.595. The molecule has 2 aromatic heterocycles. The fourth-order valence-electron chi connectivity index (χ4n) is 7.30. The summed E-state index contributed by atoms with van der Waals surface area (Å²) in [5.74, 6) is 1.83. The van der Waals surface area contributed by atoms with Gasteiger partial charge in [-0.25, -0.2) is 15.0 Å². The van der Waals surface area contributed by atoms with Crippen LogP contribution in [0.2, 0.25) is 0 Å². The molecule has 0 saturated carbocycles. The van der Waals surface area contributed by atoms with E-state index in [9.17, 15) is 0 Å². The molecule has 4 heteroatoms. The van der Waals surface area contributed by atoms with Gasteiger partial charge in [0.2, 0.25) is 0 Å². The quantitative estimate of drug-likeness (QED) is 0.176. The summed E-state index contributed by atoms with van der Waals surface area (Å²) in [6.45, 7) is 0. The first-order valence-corrected chi connectivity index (χ1v) is 17.8. The van der Waals surface area contributed by atoms with Crippen LogP contribution in [0.3, 0.4) is 0 Å². The molecule has 2 heterocycles. The van der Waals surface area contributed by atoms with Crippen LogP contribution in [-0.4, -0.2) is 15.0 Å². The number of hydrogen-bond donors (Lipinski definition) is 0. The second-order valence-electron chi connectivity index (χ2n) is 13.2. The summed E-state index contributed by atoms with van der Waals surface area (Å²) in [4.78, 5) is 15.3. The Morgan fingerprint density at radius 3 is 1.57 bits per heavy atom. The highest BCUT2D eigenvalue weighted by molar-refractivity contribution is 6.12. The van der Waals surface area contributed by atoms with Crippen molar-refractivity contribution in [1.82, 2.24) is 15.0 Å². The maximum Gasteiger partial charge on any atom is 0.164 e. The fraction of sp³-hybridized carbons (Fsp3) is 0. The molecule has 10 aromatic rings. The van der Waals surface area contributed by atoms with Gasteiger partial charge in [-0.15, -0.1) is 0 Å². The number of rotatable bonds is 6. The van der Waals surface area contributed by atoms with Crippen molar-refractivity contribution in [2.45, 2.75) is 0 Å². The van der Waals surface area contributed by atoms with Gasteiger partial charge in [-0.3, -0.25) is 0 Å². The molecule has 248 valence electrons. The third kappa shape index (κ3) is 5.63. The first kappa shape index (κ1) is 30.6. The summed E-state index contributed by atoms with van der Waals surface area (Å²) in [7, 11) is 0. The average Bonchev–Trinajstić information content (AvgIpc) is 3.62. The van der Waals surface area contributed by atoms with Crippen molar-refractivity contribution in [3.05, 3.63) is 188 Å².